The second kappa shape index (κ2) is 4.67. The zero-order valence-electron chi connectivity index (χ0n) is 9.97. The number of fused-ring (bicyclic) bond motifs is 1. The summed E-state index contributed by atoms with van der Waals surface area (Å²) in [7, 11) is 0. The van der Waals surface area contributed by atoms with Gasteiger partial charge in [-0.3, -0.25) is 0 Å². The van der Waals surface area contributed by atoms with Crippen LogP contribution < -0.4 is 10.5 Å². The molecule has 0 aromatic heterocycles. The Labute approximate surface area is 102 Å². The molecule has 3 atom stereocenters. The van der Waals surface area contributed by atoms with Crippen molar-refractivity contribution in [3.63, 3.8) is 0 Å². The fraction of sp³-hybridized carbons (Fsp3) is 0.571. The van der Waals surface area contributed by atoms with E-state index in [4.69, 9.17) is 15.2 Å². The van der Waals surface area contributed by atoms with Crippen LogP contribution in [-0.4, -0.2) is 25.9 Å². The van der Waals surface area contributed by atoms with Crippen molar-refractivity contribution in [2.45, 2.75) is 24.8 Å². The summed E-state index contributed by atoms with van der Waals surface area (Å²) in [6.45, 7) is 2.41. The van der Waals surface area contributed by atoms with E-state index in [1.807, 2.05) is 12.1 Å². The standard InChI is InChI=1S/C14H19NO2/c15-14(10-4-3-7-16-8-10)12-9-17-13-6-2-1-5-11(12)13/h1-2,5-6,10,12,14H,3-4,7-9,15H2. The number of benzene rings is 1. The minimum atomic E-state index is 0.152. The van der Waals surface area contributed by atoms with Crippen molar-refractivity contribution in [1.82, 2.24) is 0 Å². The highest BCUT2D eigenvalue weighted by atomic mass is 16.5. The predicted molar refractivity (Wildman–Crippen MR) is 66.2 cm³/mol. The van der Waals surface area contributed by atoms with Crippen LogP contribution in [0.2, 0.25) is 0 Å². The smallest absolute Gasteiger partial charge is 0.122 e. The molecule has 1 fully saturated rings. The van der Waals surface area contributed by atoms with Crippen molar-refractivity contribution in [2.24, 2.45) is 11.7 Å². The normalized spacial score (nSPS) is 29.5. The second-order valence-electron chi connectivity index (χ2n) is 5.01. The molecule has 0 radical (unpaired) electrons. The van der Waals surface area contributed by atoms with E-state index in [2.05, 4.69) is 12.1 Å². The highest BCUT2D eigenvalue weighted by Gasteiger charge is 2.34. The largest absolute Gasteiger partial charge is 0.493 e. The van der Waals surface area contributed by atoms with Gasteiger partial charge in [0.1, 0.15) is 5.75 Å². The molecule has 3 nitrogen and oxygen atoms in total. The van der Waals surface area contributed by atoms with Crippen molar-refractivity contribution < 1.29 is 9.47 Å². The maximum Gasteiger partial charge on any atom is 0.122 e. The van der Waals surface area contributed by atoms with Gasteiger partial charge in [-0.25, -0.2) is 0 Å². The molecule has 92 valence electrons. The summed E-state index contributed by atoms with van der Waals surface area (Å²) in [4.78, 5) is 0. The molecule has 3 rings (SSSR count). The lowest BCUT2D eigenvalue weighted by Crippen LogP contribution is -2.41. The molecule has 0 amide bonds. The Kier molecular flexibility index (Phi) is 3.04. The monoisotopic (exact) mass is 233 g/mol. The molecule has 0 bridgehead atoms. The molecular formula is C14H19NO2. The Morgan fingerprint density at radius 2 is 2.12 bits per heavy atom. The molecule has 1 aromatic rings. The van der Waals surface area contributed by atoms with Crippen LogP contribution >= 0.6 is 0 Å². The Bertz CT molecular complexity index is 388. The highest BCUT2D eigenvalue weighted by molar-refractivity contribution is 5.40. The van der Waals surface area contributed by atoms with Gasteiger partial charge in [-0.05, 0) is 24.8 Å². The Balaban J connectivity index is 1.76. The van der Waals surface area contributed by atoms with E-state index in [0.717, 1.165) is 32.0 Å². The number of hydrogen-bond donors (Lipinski definition) is 1. The third-order valence-electron chi connectivity index (χ3n) is 3.94. The molecule has 1 saturated heterocycles. The third kappa shape index (κ3) is 2.05. The van der Waals surface area contributed by atoms with Gasteiger partial charge in [-0.1, -0.05) is 18.2 Å². The average Bonchev–Trinajstić information content (AvgIpc) is 2.83. The molecule has 2 heterocycles. The summed E-state index contributed by atoms with van der Waals surface area (Å²) >= 11 is 0. The molecule has 3 unspecified atom stereocenters. The molecular weight excluding hydrogens is 214 g/mol. The van der Waals surface area contributed by atoms with Crippen LogP contribution in [0.3, 0.4) is 0 Å². The lowest BCUT2D eigenvalue weighted by Gasteiger charge is -2.30. The Morgan fingerprint density at radius 3 is 2.94 bits per heavy atom. The van der Waals surface area contributed by atoms with Crippen molar-refractivity contribution >= 4 is 0 Å². The minimum absolute atomic E-state index is 0.152. The summed E-state index contributed by atoms with van der Waals surface area (Å²) in [6, 6.07) is 8.38. The molecule has 3 heteroatoms. The maximum atomic E-state index is 6.41. The van der Waals surface area contributed by atoms with Crippen molar-refractivity contribution in [3.05, 3.63) is 29.8 Å². The third-order valence-corrected chi connectivity index (χ3v) is 3.94. The van der Waals surface area contributed by atoms with E-state index in [9.17, 15) is 0 Å². The van der Waals surface area contributed by atoms with Crippen LogP contribution in [0, 0.1) is 5.92 Å². The predicted octanol–water partition coefficient (Wildman–Crippen LogP) is 1.92. The van der Waals surface area contributed by atoms with Gasteiger partial charge in [0.15, 0.2) is 0 Å². The van der Waals surface area contributed by atoms with Crippen LogP contribution in [0.4, 0.5) is 0 Å². The quantitative estimate of drug-likeness (QED) is 0.848. The van der Waals surface area contributed by atoms with Crippen molar-refractivity contribution in [3.8, 4) is 5.75 Å². The fourth-order valence-electron chi connectivity index (χ4n) is 2.90. The van der Waals surface area contributed by atoms with E-state index in [1.165, 1.54) is 12.0 Å². The first kappa shape index (κ1) is 11.1. The lowest BCUT2D eigenvalue weighted by molar-refractivity contribution is 0.0400. The number of para-hydroxylation sites is 1. The molecule has 0 aliphatic carbocycles. The Hall–Kier alpha value is -1.06. The first-order valence-electron chi connectivity index (χ1n) is 6.41. The van der Waals surface area contributed by atoms with E-state index < -0.39 is 0 Å². The van der Waals surface area contributed by atoms with Gasteiger partial charge < -0.3 is 15.2 Å². The van der Waals surface area contributed by atoms with Crippen LogP contribution in [0.5, 0.6) is 5.75 Å². The first-order valence-corrected chi connectivity index (χ1v) is 6.41. The topological polar surface area (TPSA) is 44.5 Å². The summed E-state index contributed by atoms with van der Waals surface area (Å²) in [5.41, 5.74) is 7.68. The van der Waals surface area contributed by atoms with Crippen LogP contribution in [-0.2, 0) is 4.74 Å². The zero-order chi connectivity index (χ0) is 11.7. The fourth-order valence-corrected chi connectivity index (χ4v) is 2.90. The highest BCUT2D eigenvalue weighted by Crippen LogP contribution is 2.37. The lowest BCUT2D eigenvalue weighted by atomic mass is 9.83. The number of rotatable bonds is 2. The SMILES string of the molecule is NC(C1CCCOC1)C1COc2ccccc21. The molecule has 2 aliphatic heterocycles. The molecule has 0 spiro atoms. The van der Waals surface area contributed by atoms with Crippen molar-refractivity contribution in [1.29, 1.82) is 0 Å². The van der Waals surface area contributed by atoms with Gasteiger partial charge in [0.25, 0.3) is 0 Å². The number of ether oxygens (including phenoxy) is 2. The van der Waals surface area contributed by atoms with E-state index >= 15 is 0 Å². The van der Waals surface area contributed by atoms with Gasteiger partial charge >= 0.3 is 0 Å². The van der Waals surface area contributed by atoms with Gasteiger partial charge in [0.2, 0.25) is 0 Å². The van der Waals surface area contributed by atoms with Crippen molar-refractivity contribution in [2.75, 3.05) is 19.8 Å². The Morgan fingerprint density at radius 1 is 1.24 bits per heavy atom. The molecule has 0 saturated carbocycles. The van der Waals surface area contributed by atoms with Crippen LogP contribution in [0.25, 0.3) is 0 Å². The van der Waals surface area contributed by atoms with E-state index in [1.54, 1.807) is 0 Å². The number of nitrogens with two attached hydrogens (primary N) is 1. The molecule has 1 aromatic carbocycles. The van der Waals surface area contributed by atoms with Gasteiger partial charge in [-0.2, -0.15) is 0 Å². The van der Waals surface area contributed by atoms with E-state index in [0.29, 0.717) is 11.8 Å². The molecule has 2 aliphatic rings. The molecule has 2 N–H and O–H groups in total. The molecule has 17 heavy (non-hydrogen) atoms. The average molecular weight is 233 g/mol. The van der Waals surface area contributed by atoms with Gasteiger partial charge in [-0.15, -0.1) is 0 Å². The van der Waals surface area contributed by atoms with Crippen LogP contribution in [0.15, 0.2) is 24.3 Å². The number of hydrogen-bond acceptors (Lipinski definition) is 3. The zero-order valence-corrected chi connectivity index (χ0v) is 9.97. The van der Waals surface area contributed by atoms with E-state index in [-0.39, 0.29) is 6.04 Å². The van der Waals surface area contributed by atoms with Gasteiger partial charge in [0.05, 0.1) is 13.2 Å². The second-order valence-corrected chi connectivity index (χ2v) is 5.01. The summed E-state index contributed by atoms with van der Waals surface area (Å²) in [5.74, 6) is 1.81. The maximum absolute atomic E-state index is 6.41. The summed E-state index contributed by atoms with van der Waals surface area (Å²) in [5, 5.41) is 0. The van der Waals surface area contributed by atoms with Gasteiger partial charge in [0, 0.05) is 24.1 Å². The summed E-state index contributed by atoms with van der Waals surface area (Å²) < 4.78 is 11.2. The summed E-state index contributed by atoms with van der Waals surface area (Å²) in [6.07, 6.45) is 2.31. The first-order chi connectivity index (χ1) is 8.36. The van der Waals surface area contributed by atoms with Crippen LogP contribution in [0.1, 0.15) is 24.3 Å². The minimum Gasteiger partial charge on any atom is -0.493 e.